The van der Waals surface area contributed by atoms with Crippen LogP contribution >= 0.6 is 0 Å². The van der Waals surface area contributed by atoms with Crippen LogP contribution in [0.5, 0.6) is 0 Å². The third-order valence-electron chi connectivity index (χ3n) is 7.06. The second kappa shape index (κ2) is 10.9. The number of carbonyl (C=O) groups is 1. The minimum atomic E-state index is -4.79. The van der Waals surface area contributed by atoms with Crippen molar-refractivity contribution in [1.82, 2.24) is 35.0 Å². The summed E-state index contributed by atoms with van der Waals surface area (Å²) in [4.78, 5) is 34.1. The van der Waals surface area contributed by atoms with E-state index in [0.717, 1.165) is 43.4 Å². The fraction of sp³-hybridized carbons (Fsp3) is 0.407. The predicted molar refractivity (Wildman–Crippen MR) is 142 cm³/mol. The van der Waals surface area contributed by atoms with Crippen LogP contribution in [0.1, 0.15) is 57.9 Å². The Labute approximate surface area is 233 Å². The van der Waals surface area contributed by atoms with E-state index >= 15 is 0 Å². The monoisotopic (exact) mass is 567 g/mol. The molecule has 1 saturated carbocycles. The molecule has 2 fully saturated rings. The molecule has 4 aromatic rings. The zero-order valence-corrected chi connectivity index (χ0v) is 22.3. The number of aromatic nitrogens is 6. The lowest BCUT2D eigenvalue weighted by atomic mass is 10.1. The van der Waals surface area contributed by atoms with Crippen LogP contribution in [0, 0.1) is 6.92 Å². The summed E-state index contributed by atoms with van der Waals surface area (Å²) in [5.74, 6) is 0.325. The molecule has 11 nitrogen and oxygen atoms in total. The van der Waals surface area contributed by atoms with Crippen LogP contribution in [0.15, 0.2) is 41.1 Å². The second-order valence-electron chi connectivity index (χ2n) is 10.3. The van der Waals surface area contributed by atoms with Gasteiger partial charge in [-0.25, -0.2) is 9.97 Å². The van der Waals surface area contributed by atoms with Gasteiger partial charge in [-0.3, -0.25) is 19.8 Å². The third kappa shape index (κ3) is 6.37. The van der Waals surface area contributed by atoms with Gasteiger partial charge in [-0.1, -0.05) is 6.07 Å². The maximum Gasteiger partial charge on any atom is 0.452 e. The topological polar surface area (TPSA) is 129 Å². The minimum absolute atomic E-state index is 0.207. The Morgan fingerprint density at radius 2 is 1.90 bits per heavy atom. The highest BCUT2D eigenvalue weighted by Gasteiger charge is 2.41. The van der Waals surface area contributed by atoms with Gasteiger partial charge in [0.2, 0.25) is 11.7 Å². The molecule has 0 bridgehead atoms. The van der Waals surface area contributed by atoms with E-state index in [4.69, 9.17) is 0 Å². The molecule has 4 aromatic heterocycles. The number of alkyl halides is 3. The normalized spacial score (nSPS) is 16.2. The van der Waals surface area contributed by atoms with Crippen LogP contribution in [0.3, 0.4) is 0 Å². The number of aryl methyl sites for hydroxylation is 1. The number of carbonyl (C=O) groups excluding carboxylic acids is 1. The van der Waals surface area contributed by atoms with E-state index in [0.29, 0.717) is 29.8 Å². The molecule has 1 aliphatic heterocycles. The molecule has 0 aromatic carbocycles. The van der Waals surface area contributed by atoms with Gasteiger partial charge in [-0.2, -0.15) is 23.3 Å². The van der Waals surface area contributed by atoms with Crippen molar-refractivity contribution >= 4 is 23.4 Å². The van der Waals surface area contributed by atoms with Crippen molar-refractivity contribution in [1.29, 1.82) is 0 Å². The van der Waals surface area contributed by atoms with Crippen LogP contribution in [0.2, 0.25) is 0 Å². The van der Waals surface area contributed by atoms with E-state index in [-0.39, 0.29) is 12.3 Å². The van der Waals surface area contributed by atoms with Crippen LogP contribution in [-0.4, -0.2) is 67.0 Å². The van der Waals surface area contributed by atoms with E-state index < -0.39 is 23.4 Å². The average molecular weight is 568 g/mol. The molecule has 41 heavy (non-hydrogen) atoms. The van der Waals surface area contributed by atoms with E-state index in [1.54, 1.807) is 18.3 Å². The Bertz CT molecular complexity index is 1520. The molecule has 1 aliphatic carbocycles. The molecule has 0 unspecified atom stereocenters. The van der Waals surface area contributed by atoms with Crippen LogP contribution in [-0.2, 0) is 19.1 Å². The summed E-state index contributed by atoms with van der Waals surface area (Å²) >= 11 is 0. The predicted octanol–water partition coefficient (Wildman–Crippen LogP) is 4.28. The molecular weight excluding hydrogens is 539 g/mol. The van der Waals surface area contributed by atoms with Crippen molar-refractivity contribution < 1.29 is 22.4 Å². The zero-order valence-electron chi connectivity index (χ0n) is 22.3. The van der Waals surface area contributed by atoms with Gasteiger partial charge in [0.05, 0.1) is 5.69 Å². The van der Waals surface area contributed by atoms with Gasteiger partial charge in [0.25, 0.3) is 0 Å². The number of Topliss-reactive ketones (excluding diaryl/α,β-unsaturated/α-hetero) is 1. The SMILES string of the molecule is Cc1nc(C(=O)Cc2ccc(CN3CCN(c4nccc(Nc5cc(C6CC6)[nH]n5)n4)CC3)nc2)c(C(F)(F)F)o1. The first kappa shape index (κ1) is 26.9. The van der Waals surface area contributed by atoms with Gasteiger partial charge in [-0.05, 0) is 30.5 Å². The second-order valence-corrected chi connectivity index (χ2v) is 10.3. The Hall–Kier alpha value is -4.33. The number of rotatable bonds is 9. The number of oxazole rings is 1. The number of nitrogens with one attached hydrogen (secondary N) is 2. The highest BCUT2D eigenvalue weighted by Crippen LogP contribution is 2.39. The minimum Gasteiger partial charge on any atom is -0.436 e. The van der Waals surface area contributed by atoms with Gasteiger partial charge >= 0.3 is 6.18 Å². The van der Waals surface area contributed by atoms with Crippen molar-refractivity contribution in [3.05, 3.63) is 71.0 Å². The zero-order chi connectivity index (χ0) is 28.6. The molecule has 0 atom stereocenters. The molecule has 0 amide bonds. The van der Waals surface area contributed by atoms with E-state index in [9.17, 15) is 18.0 Å². The Kier molecular flexibility index (Phi) is 7.15. The van der Waals surface area contributed by atoms with E-state index in [1.165, 1.54) is 26.0 Å². The summed E-state index contributed by atoms with van der Waals surface area (Å²) in [5, 5.41) is 10.7. The molecule has 14 heteroatoms. The van der Waals surface area contributed by atoms with E-state index in [2.05, 4.69) is 49.7 Å². The molecule has 214 valence electrons. The fourth-order valence-electron chi connectivity index (χ4n) is 4.77. The van der Waals surface area contributed by atoms with Crippen molar-refractivity contribution in [2.24, 2.45) is 0 Å². The summed E-state index contributed by atoms with van der Waals surface area (Å²) in [5.41, 5.74) is 1.75. The first-order valence-electron chi connectivity index (χ1n) is 13.4. The molecule has 6 rings (SSSR count). The first-order chi connectivity index (χ1) is 19.7. The number of hydrogen-bond acceptors (Lipinski definition) is 10. The summed E-state index contributed by atoms with van der Waals surface area (Å²) in [6.45, 7) is 4.91. The van der Waals surface area contributed by atoms with Crippen molar-refractivity contribution in [3.63, 3.8) is 0 Å². The average Bonchev–Trinajstić information content (AvgIpc) is 3.56. The first-order valence-corrected chi connectivity index (χ1v) is 13.4. The smallest absolute Gasteiger partial charge is 0.436 e. The molecule has 0 spiro atoms. The summed E-state index contributed by atoms with van der Waals surface area (Å²) < 4.78 is 44.1. The summed E-state index contributed by atoms with van der Waals surface area (Å²) in [7, 11) is 0. The number of H-pyrrole nitrogens is 1. The fourth-order valence-corrected chi connectivity index (χ4v) is 4.77. The number of nitrogens with zero attached hydrogens (tertiary/aromatic N) is 7. The Morgan fingerprint density at radius 1 is 1.10 bits per heavy atom. The van der Waals surface area contributed by atoms with Gasteiger partial charge < -0.3 is 14.6 Å². The number of pyridine rings is 1. The molecule has 1 saturated heterocycles. The number of anilines is 3. The van der Waals surface area contributed by atoms with Crippen molar-refractivity contribution in [3.8, 4) is 0 Å². The maximum atomic E-state index is 13.2. The number of aromatic amines is 1. The number of ketones is 1. The van der Waals surface area contributed by atoms with Crippen molar-refractivity contribution in [2.45, 2.75) is 44.8 Å². The highest BCUT2D eigenvalue weighted by molar-refractivity contribution is 5.96. The van der Waals surface area contributed by atoms with Gasteiger partial charge in [0.1, 0.15) is 5.82 Å². The maximum absolute atomic E-state index is 13.2. The van der Waals surface area contributed by atoms with Crippen LogP contribution in [0.4, 0.5) is 30.8 Å². The molecular formula is C27H28F3N9O2. The van der Waals surface area contributed by atoms with Crippen LogP contribution in [0.25, 0.3) is 0 Å². The van der Waals surface area contributed by atoms with E-state index in [1.807, 2.05) is 12.1 Å². The van der Waals surface area contributed by atoms with Gasteiger partial charge in [0, 0.05) is 76.1 Å². The lowest BCUT2D eigenvalue weighted by Gasteiger charge is -2.34. The highest BCUT2D eigenvalue weighted by atomic mass is 19.4. The lowest BCUT2D eigenvalue weighted by Crippen LogP contribution is -2.46. The molecule has 0 radical (unpaired) electrons. The lowest BCUT2D eigenvalue weighted by molar-refractivity contribution is -0.153. The molecule has 5 heterocycles. The standard InChI is InChI=1S/C27H28F3N9O2/c1-16-33-24(25(41-16)27(28,29)30)21(40)12-17-2-5-19(32-14-17)15-38-8-10-39(11-9-38)26-31-7-6-22(35-26)34-23-13-20(36-37-23)18-3-4-18/h2,5-7,13-14,18H,3-4,8-12,15H2,1H3,(H2,31,34,35,36,37). The summed E-state index contributed by atoms with van der Waals surface area (Å²) in [6.07, 6.45) is 0.610. The largest absolute Gasteiger partial charge is 0.452 e. The Morgan fingerprint density at radius 3 is 2.61 bits per heavy atom. The number of piperazine rings is 1. The number of hydrogen-bond donors (Lipinski definition) is 2. The molecule has 2 N–H and O–H groups in total. The van der Waals surface area contributed by atoms with Gasteiger partial charge in [0.15, 0.2) is 23.2 Å². The Balaban J connectivity index is 1.00. The van der Waals surface area contributed by atoms with Crippen molar-refractivity contribution in [2.75, 3.05) is 36.4 Å². The summed E-state index contributed by atoms with van der Waals surface area (Å²) in [6, 6.07) is 7.33. The quantitative estimate of drug-likeness (QED) is 0.283. The number of halogens is 3. The molecule has 2 aliphatic rings. The van der Waals surface area contributed by atoms with Gasteiger partial charge in [-0.15, -0.1) is 0 Å². The van der Waals surface area contributed by atoms with Crippen LogP contribution < -0.4 is 10.2 Å². The third-order valence-corrected chi connectivity index (χ3v) is 7.06.